The van der Waals surface area contributed by atoms with Gasteiger partial charge in [0.15, 0.2) is 0 Å². The third-order valence-corrected chi connectivity index (χ3v) is 12.6. The first kappa shape index (κ1) is 32.6. The average molecular weight is 629 g/mol. The Hall–Kier alpha value is -3.35. The molecule has 2 aromatic carbocycles. The Morgan fingerprint density at radius 2 is 1.26 bits per heavy atom. The molecule has 3 amide bonds. The number of hydrogen-bond acceptors (Lipinski definition) is 5. The minimum Gasteiger partial charge on any atom is -0.508 e. The van der Waals surface area contributed by atoms with Crippen molar-refractivity contribution in [1.29, 1.82) is 0 Å². The number of imide groups is 1. The fourth-order valence-electron chi connectivity index (χ4n) is 10.3. The van der Waals surface area contributed by atoms with Crippen LogP contribution in [0.1, 0.15) is 122 Å². The second kappa shape index (κ2) is 11.1. The van der Waals surface area contributed by atoms with Crippen molar-refractivity contribution in [1.82, 2.24) is 5.32 Å². The second-order valence-electron chi connectivity index (χ2n) is 16.7. The van der Waals surface area contributed by atoms with E-state index in [1.165, 1.54) is 16.7 Å². The molecule has 0 bridgehead atoms. The van der Waals surface area contributed by atoms with E-state index in [2.05, 4.69) is 50.5 Å². The van der Waals surface area contributed by atoms with Gasteiger partial charge in [-0.1, -0.05) is 52.7 Å². The number of ether oxygens (including phenoxy) is 1. The predicted molar refractivity (Wildman–Crippen MR) is 180 cm³/mol. The summed E-state index contributed by atoms with van der Waals surface area (Å²) in [6.07, 6.45) is 8.18. The number of benzene rings is 2. The van der Waals surface area contributed by atoms with Gasteiger partial charge in [-0.25, -0.2) is 4.79 Å². The molecule has 46 heavy (non-hydrogen) atoms. The maximum atomic E-state index is 14.4. The molecule has 6 atom stereocenters. The maximum Gasteiger partial charge on any atom is 0.412 e. The number of phenols is 1. The molecule has 0 saturated heterocycles. The van der Waals surface area contributed by atoms with E-state index in [1.54, 1.807) is 6.07 Å². The molecular formula is C39H52N2O5. The molecule has 0 radical (unpaired) electrons. The molecule has 0 aromatic heterocycles. The number of carbonyl (C=O) groups is 3. The molecular weight excluding hydrogens is 576 g/mol. The molecule has 4 aliphatic rings. The summed E-state index contributed by atoms with van der Waals surface area (Å²) >= 11 is 0. The molecule has 4 aliphatic carbocycles. The molecule has 2 saturated carbocycles. The van der Waals surface area contributed by atoms with Crippen LogP contribution in [0, 0.1) is 22.7 Å². The van der Waals surface area contributed by atoms with Crippen molar-refractivity contribution in [2.75, 3.05) is 5.32 Å². The van der Waals surface area contributed by atoms with E-state index in [4.69, 9.17) is 4.74 Å². The van der Waals surface area contributed by atoms with Gasteiger partial charge in [-0.15, -0.1) is 0 Å². The number of nitrogens with one attached hydrogen (secondary N) is 2. The third kappa shape index (κ3) is 5.32. The first-order chi connectivity index (χ1) is 21.5. The van der Waals surface area contributed by atoms with E-state index < -0.39 is 22.5 Å². The third-order valence-electron chi connectivity index (χ3n) is 12.6. The lowest BCUT2D eigenvalue weighted by atomic mass is 9.49. The topological polar surface area (TPSA) is 105 Å². The van der Waals surface area contributed by atoms with Gasteiger partial charge in [-0.2, -0.15) is 0 Å². The van der Waals surface area contributed by atoms with Crippen LogP contribution in [-0.4, -0.2) is 28.6 Å². The first-order valence-corrected chi connectivity index (χ1v) is 17.3. The number of anilines is 1. The molecule has 0 spiro atoms. The summed E-state index contributed by atoms with van der Waals surface area (Å²) in [5.41, 5.74) is 3.07. The largest absolute Gasteiger partial charge is 0.508 e. The van der Waals surface area contributed by atoms with E-state index in [1.807, 2.05) is 39.0 Å². The Balaban J connectivity index is 1.24. The smallest absolute Gasteiger partial charge is 0.412 e. The number of amides is 3. The Morgan fingerprint density at radius 1 is 0.761 bits per heavy atom. The summed E-state index contributed by atoms with van der Waals surface area (Å²) < 4.78 is 5.49. The van der Waals surface area contributed by atoms with Crippen LogP contribution in [0.3, 0.4) is 0 Å². The molecule has 0 heterocycles. The number of aromatic hydroxyl groups is 1. The normalized spacial score (nSPS) is 33.4. The molecule has 3 N–H and O–H groups in total. The highest BCUT2D eigenvalue weighted by molar-refractivity contribution is 6.01. The zero-order chi connectivity index (χ0) is 33.3. The van der Waals surface area contributed by atoms with Crippen LogP contribution in [0.25, 0.3) is 0 Å². The monoisotopic (exact) mass is 628 g/mol. The van der Waals surface area contributed by atoms with E-state index in [-0.39, 0.29) is 40.2 Å². The van der Waals surface area contributed by atoms with Gasteiger partial charge >= 0.3 is 6.09 Å². The lowest BCUT2D eigenvalue weighted by molar-refractivity contribution is -0.150. The minimum atomic E-state index is -0.700. The number of phenolic OH excluding ortho intramolecular Hbond substituents is 1. The predicted octanol–water partition coefficient (Wildman–Crippen LogP) is 8.10. The van der Waals surface area contributed by atoms with Crippen LogP contribution in [0.2, 0.25) is 0 Å². The first-order valence-electron chi connectivity index (χ1n) is 17.3. The minimum absolute atomic E-state index is 0.0554. The highest BCUT2D eigenvalue weighted by Crippen LogP contribution is 2.59. The van der Waals surface area contributed by atoms with Gasteiger partial charge in [0.2, 0.25) is 11.8 Å². The average Bonchev–Trinajstić information content (AvgIpc) is 2.96. The van der Waals surface area contributed by atoms with Gasteiger partial charge in [0.1, 0.15) is 11.4 Å². The van der Waals surface area contributed by atoms with Crippen molar-refractivity contribution in [2.24, 2.45) is 22.7 Å². The zero-order valence-electron chi connectivity index (χ0n) is 28.8. The number of hydrogen-bond donors (Lipinski definition) is 3. The summed E-state index contributed by atoms with van der Waals surface area (Å²) in [7, 11) is 0. The quantitative estimate of drug-likeness (QED) is 0.298. The van der Waals surface area contributed by atoms with Crippen molar-refractivity contribution in [2.45, 2.75) is 129 Å². The van der Waals surface area contributed by atoms with E-state index in [9.17, 15) is 19.5 Å². The molecule has 0 aliphatic heterocycles. The Kier molecular flexibility index (Phi) is 7.88. The zero-order valence-corrected chi connectivity index (χ0v) is 28.8. The second-order valence-corrected chi connectivity index (χ2v) is 16.7. The van der Waals surface area contributed by atoms with Crippen LogP contribution < -0.4 is 10.6 Å². The molecule has 7 heteroatoms. The van der Waals surface area contributed by atoms with Crippen LogP contribution in [-0.2, 0) is 38.0 Å². The number of rotatable bonds is 3. The van der Waals surface area contributed by atoms with Crippen LogP contribution in [0.4, 0.5) is 10.5 Å². The fourth-order valence-corrected chi connectivity index (χ4v) is 10.3. The number of fused-ring (bicyclic) bond motifs is 6. The Labute approximate surface area is 274 Å². The van der Waals surface area contributed by atoms with Crippen molar-refractivity contribution in [3.8, 4) is 5.75 Å². The van der Waals surface area contributed by atoms with Gasteiger partial charge in [-0.3, -0.25) is 20.2 Å². The van der Waals surface area contributed by atoms with Gasteiger partial charge in [-0.05, 0) is 141 Å². The molecule has 6 rings (SSSR count). The fraction of sp³-hybridized carbons (Fsp3) is 0.615. The van der Waals surface area contributed by atoms with Crippen molar-refractivity contribution < 1.29 is 24.2 Å². The summed E-state index contributed by atoms with van der Waals surface area (Å²) in [6.45, 7) is 14.2. The standard InChI is InChI=1S/C39H52N2O5/c1-35(2,3)46-34(45)40-26-14-10-24-12-16-30-36(4,28(24)22-26)18-8-20-38(30,6)32(43)41-33(44)39(7)21-9-19-37(5)29-23-27(42)15-11-25(29)13-17-31(37)39/h10-11,14-15,22-23,30-31,42H,8-9,12-13,16-21H2,1-7H3,(H,40,45)(H,41,43,44)/t30-,31-,36-,37-,38+,39+/m1/s1. The van der Waals surface area contributed by atoms with Crippen LogP contribution >= 0.6 is 0 Å². The Bertz CT molecular complexity index is 1580. The molecule has 0 unspecified atom stereocenters. The number of carbonyl (C=O) groups excluding carboxylic acids is 3. The molecule has 2 fully saturated rings. The summed E-state index contributed by atoms with van der Waals surface area (Å²) in [5.74, 6) is 0.105. The molecule has 7 nitrogen and oxygen atoms in total. The van der Waals surface area contributed by atoms with Crippen LogP contribution in [0.5, 0.6) is 5.75 Å². The van der Waals surface area contributed by atoms with E-state index in [0.717, 1.165) is 69.8 Å². The van der Waals surface area contributed by atoms with Crippen molar-refractivity contribution in [3.05, 3.63) is 58.7 Å². The van der Waals surface area contributed by atoms with Gasteiger partial charge in [0.25, 0.3) is 0 Å². The summed E-state index contributed by atoms with van der Waals surface area (Å²) in [4.78, 5) is 41.3. The van der Waals surface area contributed by atoms with Crippen LogP contribution in [0.15, 0.2) is 36.4 Å². The number of aryl methyl sites for hydroxylation is 2. The lowest BCUT2D eigenvalue weighted by Gasteiger charge is -2.56. The lowest BCUT2D eigenvalue weighted by Crippen LogP contribution is -2.60. The van der Waals surface area contributed by atoms with Gasteiger partial charge in [0.05, 0.1) is 10.8 Å². The van der Waals surface area contributed by atoms with Gasteiger partial charge < -0.3 is 9.84 Å². The highest BCUT2D eigenvalue weighted by Gasteiger charge is 2.58. The van der Waals surface area contributed by atoms with Crippen molar-refractivity contribution in [3.63, 3.8) is 0 Å². The van der Waals surface area contributed by atoms with E-state index >= 15 is 0 Å². The molecule has 2 aromatic rings. The highest BCUT2D eigenvalue weighted by atomic mass is 16.6. The maximum absolute atomic E-state index is 14.4. The van der Waals surface area contributed by atoms with E-state index in [0.29, 0.717) is 5.69 Å². The Morgan fingerprint density at radius 3 is 1.78 bits per heavy atom. The van der Waals surface area contributed by atoms with Crippen molar-refractivity contribution >= 4 is 23.6 Å². The summed E-state index contributed by atoms with van der Waals surface area (Å²) in [6, 6.07) is 11.8. The van der Waals surface area contributed by atoms with Gasteiger partial charge in [0, 0.05) is 5.69 Å². The molecule has 248 valence electrons. The summed E-state index contributed by atoms with van der Waals surface area (Å²) in [5, 5.41) is 16.3. The SMILES string of the molecule is CC(C)(C)OC(=O)Nc1ccc2c(c1)[C@@]1(C)CCC[C@](C)(C(=O)NC(=O)[C@@]3(C)CCC[C@]4(C)c5cc(O)ccc5CC[C@@H]34)[C@@H]1CC2.